The van der Waals surface area contributed by atoms with Crippen LogP contribution in [0.15, 0.2) is 23.2 Å². The molecule has 23 heavy (non-hydrogen) atoms. The quantitative estimate of drug-likeness (QED) is 0.209. The normalized spacial score (nSPS) is 10.7. The van der Waals surface area contributed by atoms with Gasteiger partial charge in [0.25, 0.3) is 0 Å². The molecule has 0 amide bonds. The summed E-state index contributed by atoms with van der Waals surface area (Å²) in [5.41, 5.74) is 0.931. The van der Waals surface area contributed by atoms with E-state index in [4.69, 9.17) is 27.9 Å². The largest absolute Gasteiger partial charge is 0.466 e. The van der Waals surface area contributed by atoms with Crippen molar-refractivity contribution in [1.82, 2.24) is 10.6 Å². The molecule has 1 rings (SSSR count). The minimum atomic E-state index is -0.180. The van der Waals surface area contributed by atoms with Gasteiger partial charge in [-0.3, -0.25) is 9.79 Å². The van der Waals surface area contributed by atoms with E-state index in [2.05, 4.69) is 15.6 Å². The second kappa shape index (κ2) is 12.7. The first-order chi connectivity index (χ1) is 10.6. The van der Waals surface area contributed by atoms with E-state index >= 15 is 0 Å². The Morgan fingerprint density at radius 2 is 2.04 bits per heavy atom. The van der Waals surface area contributed by atoms with Gasteiger partial charge in [-0.15, -0.1) is 24.0 Å². The molecule has 8 heteroatoms. The number of nitrogens with one attached hydrogen (secondary N) is 2. The molecule has 5 nitrogen and oxygen atoms in total. The van der Waals surface area contributed by atoms with Crippen molar-refractivity contribution in [2.75, 3.05) is 20.2 Å². The molecule has 0 unspecified atom stereocenters. The highest BCUT2D eigenvalue weighted by Gasteiger charge is 2.04. The number of guanidine groups is 1. The van der Waals surface area contributed by atoms with Crippen molar-refractivity contribution in [2.24, 2.45) is 4.99 Å². The number of rotatable bonds is 7. The smallest absolute Gasteiger partial charge is 0.305 e. The fraction of sp³-hybridized carbons (Fsp3) is 0.467. The van der Waals surface area contributed by atoms with Gasteiger partial charge in [0, 0.05) is 36.6 Å². The van der Waals surface area contributed by atoms with Gasteiger partial charge in [-0.2, -0.15) is 0 Å². The lowest BCUT2D eigenvalue weighted by Crippen LogP contribution is -2.37. The fourth-order valence-corrected chi connectivity index (χ4v) is 2.21. The Balaban J connectivity index is 0.00000484. The molecule has 0 aromatic heterocycles. The summed E-state index contributed by atoms with van der Waals surface area (Å²) >= 11 is 12.0. The van der Waals surface area contributed by atoms with Crippen LogP contribution in [0.5, 0.6) is 0 Å². The molecule has 0 radical (unpaired) electrons. The molecule has 0 bridgehead atoms. The summed E-state index contributed by atoms with van der Waals surface area (Å²) in [5.74, 6) is 0.468. The average Bonchev–Trinajstić information content (AvgIpc) is 2.48. The molecule has 0 heterocycles. The van der Waals surface area contributed by atoms with Crippen molar-refractivity contribution >= 4 is 59.1 Å². The van der Waals surface area contributed by atoms with Crippen LogP contribution < -0.4 is 10.6 Å². The molecule has 0 aliphatic heterocycles. The predicted octanol–water partition coefficient (Wildman–Crippen LogP) is 3.62. The van der Waals surface area contributed by atoms with Gasteiger partial charge in [-0.25, -0.2) is 0 Å². The monoisotopic (exact) mass is 473 g/mol. The van der Waals surface area contributed by atoms with Crippen LogP contribution in [0.25, 0.3) is 0 Å². The highest BCUT2D eigenvalue weighted by atomic mass is 127. The molecule has 0 aliphatic carbocycles. The van der Waals surface area contributed by atoms with Gasteiger partial charge < -0.3 is 15.4 Å². The van der Waals surface area contributed by atoms with E-state index in [9.17, 15) is 4.79 Å². The van der Waals surface area contributed by atoms with E-state index < -0.39 is 0 Å². The van der Waals surface area contributed by atoms with Gasteiger partial charge in [-0.1, -0.05) is 29.3 Å². The lowest BCUT2D eigenvalue weighted by Gasteiger charge is -2.12. The molecule has 130 valence electrons. The third kappa shape index (κ3) is 9.22. The minimum Gasteiger partial charge on any atom is -0.466 e. The molecule has 0 aliphatic rings. The summed E-state index contributed by atoms with van der Waals surface area (Å²) in [5, 5.41) is 7.50. The molecule has 2 N–H and O–H groups in total. The van der Waals surface area contributed by atoms with Crippen molar-refractivity contribution in [3.05, 3.63) is 33.8 Å². The zero-order valence-electron chi connectivity index (χ0n) is 13.2. The first-order valence-corrected chi connectivity index (χ1v) is 7.86. The Bertz CT molecular complexity index is 527. The number of hydrogen-bond acceptors (Lipinski definition) is 3. The number of esters is 1. The topological polar surface area (TPSA) is 62.7 Å². The molecular weight excluding hydrogens is 452 g/mol. The molecule has 0 atom stereocenters. The van der Waals surface area contributed by atoms with Crippen molar-refractivity contribution in [3.8, 4) is 0 Å². The third-order valence-electron chi connectivity index (χ3n) is 2.84. The fourth-order valence-electron chi connectivity index (χ4n) is 1.74. The first-order valence-electron chi connectivity index (χ1n) is 7.11. The van der Waals surface area contributed by atoms with E-state index in [1.165, 1.54) is 0 Å². The lowest BCUT2D eigenvalue weighted by molar-refractivity contribution is -0.143. The van der Waals surface area contributed by atoms with Gasteiger partial charge in [0.15, 0.2) is 5.96 Å². The standard InChI is InChI=1S/C15H21Cl2N3O2.HI/c1-3-22-14(21)5-4-8-19-15(18-2)20-10-11-6-7-12(16)9-13(11)17;/h6-7,9H,3-5,8,10H2,1-2H3,(H2,18,19,20);1H. The summed E-state index contributed by atoms with van der Waals surface area (Å²) in [6.07, 6.45) is 1.07. The summed E-state index contributed by atoms with van der Waals surface area (Å²) in [4.78, 5) is 15.3. The van der Waals surface area contributed by atoms with Crippen LogP contribution in [0.4, 0.5) is 0 Å². The maximum Gasteiger partial charge on any atom is 0.305 e. The number of nitrogens with zero attached hydrogens (tertiary/aromatic N) is 1. The van der Waals surface area contributed by atoms with E-state index in [1.807, 2.05) is 6.07 Å². The molecule has 0 spiro atoms. The van der Waals surface area contributed by atoms with Gasteiger partial charge in [0.05, 0.1) is 6.61 Å². The predicted molar refractivity (Wildman–Crippen MR) is 106 cm³/mol. The van der Waals surface area contributed by atoms with Crippen LogP contribution in [0, 0.1) is 0 Å². The van der Waals surface area contributed by atoms with E-state index in [-0.39, 0.29) is 29.9 Å². The lowest BCUT2D eigenvalue weighted by atomic mass is 10.2. The maximum absolute atomic E-state index is 11.2. The van der Waals surface area contributed by atoms with Crippen molar-refractivity contribution in [3.63, 3.8) is 0 Å². The Labute approximate surface area is 164 Å². The zero-order chi connectivity index (χ0) is 16.4. The number of benzene rings is 1. The molecule has 0 fully saturated rings. The van der Waals surface area contributed by atoms with Crippen LogP contribution in [-0.2, 0) is 16.1 Å². The second-order valence-electron chi connectivity index (χ2n) is 4.50. The third-order valence-corrected chi connectivity index (χ3v) is 3.43. The Morgan fingerprint density at radius 1 is 1.30 bits per heavy atom. The van der Waals surface area contributed by atoms with E-state index in [1.54, 1.807) is 26.1 Å². The maximum atomic E-state index is 11.2. The number of ether oxygens (including phenoxy) is 1. The summed E-state index contributed by atoms with van der Waals surface area (Å²) in [7, 11) is 1.68. The van der Waals surface area contributed by atoms with Crippen molar-refractivity contribution in [1.29, 1.82) is 0 Å². The number of halogens is 3. The minimum absolute atomic E-state index is 0. The van der Waals surface area contributed by atoms with Gasteiger partial charge in [0.2, 0.25) is 0 Å². The van der Waals surface area contributed by atoms with Crippen LogP contribution in [0.2, 0.25) is 10.0 Å². The molecule has 1 aromatic rings. The number of carbonyl (C=O) groups excluding carboxylic acids is 1. The number of hydrogen-bond donors (Lipinski definition) is 2. The SMILES string of the molecule is CCOC(=O)CCCNC(=NC)NCc1ccc(Cl)cc1Cl.I. The van der Waals surface area contributed by atoms with Crippen LogP contribution in [0.3, 0.4) is 0 Å². The Kier molecular flexibility index (Phi) is 12.3. The Hall–Kier alpha value is -0.730. The summed E-state index contributed by atoms with van der Waals surface area (Å²) in [6.45, 7) is 3.38. The average molecular weight is 474 g/mol. The van der Waals surface area contributed by atoms with E-state index in [0.29, 0.717) is 48.5 Å². The molecule has 0 saturated carbocycles. The van der Waals surface area contributed by atoms with E-state index in [0.717, 1.165) is 5.56 Å². The van der Waals surface area contributed by atoms with Crippen molar-refractivity contribution in [2.45, 2.75) is 26.3 Å². The number of carbonyl (C=O) groups is 1. The van der Waals surface area contributed by atoms with Crippen LogP contribution in [-0.4, -0.2) is 32.1 Å². The summed E-state index contributed by atoms with van der Waals surface area (Å²) < 4.78 is 4.87. The van der Waals surface area contributed by atoms with Crippen LogP contribution >= 0.6 is 47.2 Å². The van der Waals surface area contributed by atoms with Crippen molar-refractivity contribution < 1.29 is 9.53 Å². The highest BCUT2D eigenvalue weighted by Crippen LogP contribution is 2.20. The molecule has 1 aromatic carbocycles. The molecule has 0 saturated heterocycles. The molecular formula is C15H22Cl2IN3O2. The van der Waals surface area contributed by atoms with Gasteiger partial charge in [-0.05, 0) is 31.0 Å². The second-order valence-corrected chi connectivity index (χ2v) is 5.34. The zero-order valence-corrected chi connectivity index (χ0v) is 17.0. The van der Waals surface area contributed by atoms with Gasteiger partial charge >= 0.3 is 5.97 Å². The highest BCUT2D eigenvalue weighted by molar-refractivity contribution is 14.0. The Morgan fingerprint density at radius 3 is 2.65 bits per heavy atom. The first kappa shape index (κ1) is 22.3. The summed E-state index contributed by atoms with van der Waals surface area (Å²) in [6, 6.07) is 5.36. The number of aliphatic imine (C=N–C) groups is 1. The van der Waals surface area contributed by atoms with Gasteiger partial charge in [0.1, 0.15) is 0 Å². The van der Waals surface area contributed by atoms with Crippen LogP contribution in [0.1, 0.15) is 25.3 Å².